The minimum Gasteiger partial charge on any atom is -0.507 e. The Hall–Kier alpha value is -8.83. The average molecular weight is 1250 g/mol. The number of esters is 1. The number of ether oxygens (including phenoxy) is 7. The van der Waals surface area contributed by atoms with Crippen LogP contribution in [0.4, 0.5) is 0 Å². The lowest BCUT2D eigenvalue weighted by Gasteiger charge is -2.29. The second kappa shape index (κ2) is 25.9. The first-order chi connectivity index (χ1) is 44.3. The number of aromatic hydroxyl groups is 2. The summed E-state index contributed by atoms with van der Waals surface area (Å²) in [4.78, 5) is 15.1. The van der Waals surface area contributed by atoms with Crippen LogP contribution in [0.1, 0.15) is 160 Å². The molecule has 480 valence electrons. The normalized spacial score (nSPS) is 14.3. The van der Waals surface area contributed by atoms with Crippen LogP contribution in [0, 0.1) is 0 Å². The molecule has 0 saturated heterocycles. The number of carbonyl (C=O) groups excluding carboxylic acids is 1. The van der Waals surface area contributed by atoms with E-state index in [-0.39, 0.29) is 51.9 Å². The zero-order valence-electron chi connectivity index (χ0n) is 56.2. The molecule has 0 spiro atoms. The molecule has 1 aliphatic heterocycles. The molecule has 12 rings (SSSR count). The van der Waals surface area contributed by atoms with Gasteiger partial charge < -0.3 is 43.4 Å². The Morgan fingerprint density at radius 3 is 1.29 bits per heavy atom. The van der Waals surface area contributed by atoms with Gasteiger partial charge in [-0.3, -0.25) is 0 Å². The van der Waals surface area contributed by atoms with E-state index in [1.807, 2.05) is 97.1 Å². The van der Waals surface area contributed by atoms with Crippen molar-refractivity contribution in [2.24, 2.45) is 0 Å². The Balaban J connectivity index is 0.985. The van der Waals surface area contributed by atoms with Crippen molar-refractivity contribution in [3.63, 3.8) is 0 Å². The summed E-state index contributed by atoms with van der Waals surface area (Å²) in [5.41, 5.74) is 12.5. The monoisotopic (exact) mass is 1240 g/mol. The molecule has 93 heavy (non-hydrogen) atoms. The van der Waals surface area contributed by atoms with E-state index in [4.69, 9.17) is 33.2 Å². The summed E-state index contributed by atoms with van der Waals surface area (Å²) in [6, 6.07) is 52.8. The molecule has 10 nitrogen and oxygen atoms in total. The molecular formula is C83H88O10. The highest BCUT2D eigenvalue weighted by atomic mass is 16.6. The minimum atomic E-state index is -0.619. The van der Waals surface area contributed by atoms with Gasteiger partial charge in [0, 0.05) is 36.8 Å². The Kier molecular flexibility index (Phi) is 17.9. The topological polar surface area (TPSA) is 122 Å². The van der Waals surface area contributed by atoms with Gasteiger partial charge in [-0.25, -0.2) is 4.79 Å². The number of carbonyl (C=O) groups is 1. The van der Waals surface area contributed by atoms with Gasteiger partial charge in [-0.2, -0.15) is 0 Å². The SMILES string of the molecule is CC(C)(C)c1cc2c(O)c(c1)Cc1cc(C(C)(C)C)cc(c1OCCOc1cc3ccccc3cc1C(=O)Oc1ccc3ccccc3c1-c1c(O)ccc3ccccc13)Cc1cc(C(C)(C)C)cc3c1OCCOCCOCCOc1c(cc(C(C)(C)C)cc1C3)C2. The average Bonchev–Trinajstić information content (AvgIpc) is 0.821. The smallest absolute Gasteiger partial charge is 0.347 e. The number of phenolic OH excluding ortho intramolecular Hbond substituents is 2. The van der Waals surface area contributed by atoms with Crippen molar-refractivity contribution in [3.8, 4) is 51.4 Å². The lowest BCUT2D eigenvalue weighted by atomic mass is 9.79. The van der Waals surface area contributed by atoms with Crippen molar-refractivity contribution >= 4 is 38.3 Å². The third-order valence-corrected chi connectivity index (χ3v) is 18.2. The molecule has 0 saturated carbocycles. The van der Waals surface area contributed by atoms with Gasteiger partial charge in [-0.15, -0.1) is 0 Å². The first kappa shape index (κ1) is 64.3. The van der Waals surface area contributed by atoms with Crippen molar-refractivity contribution in [2.45, 2.75) is 130 Å². The van der Waals surface area contributed by atoms with Gasteiger partial charge in [-0.1, -0.05) is 217 Å². The molecule has 10 aromatic carbocycles. The summed E-state index contributed by atoms with van der Waals surface area (Å²) in [6.45, 7) is 29.3. The number of fused-ring (bicyclic) bond motifs is 7. The summed E-state index contributed by atoms with van der Waals surface area (Å²) in [6.07, 6.45) is 1.72. The molecule has 0 amide bonds. The fourth-order valence-corrected chi connectivity index (χ4v) is 13.0. The first-order valence-electron chi connectivity index (χ1n) is 32.8. The highest BCUT2D eigenvalue weighted by Crippen LogP contribution is 2.48. The largest absolute Gasteiger partial charge is 0.507 e. The molecule has 1 aliphatic carbocycles. The molecule has 10 heteroatoms. The van der Waals surface area contributed by atoms with Crippen LogP contribution in [-0.2, 0) is 56.8 Å². The van der Waals surface area contributed by atoms with Crippen LogP contribution in [0.5, 0.6) is 40.2 Å². The van der Waals surface area contributed by atoms with Crippen molar-refractivity contribution in [3.05, 3.63) is 230 Å². The molecule has 0 atom stereocenters. The summed E-state index contributed by atoms with van der Waals surface area (Å²) >= 11 is 0. The maximum atomic E-state index is 15.1. The summed E-state index contributed by atoms with van der Waals surface area (Å²) in [5, 5.41) is 29.9. The summed E-state index contributed by atoms with van der Waals surface area (Å²) in [7, 11) is 0. The first-order valence-corrected chi connectivity index (χ1v) is 32.8. The molecule has 2 aliphatic rings. The quantitative estimate of drug-likeness (QED) is 0.0864. The molecule has 1 heterocycles. The van der Waals surface area contributed by atoms with E-state index in [0.29, 0.717) is 93.7 Å². The maximum Gasteiger partial charge on any atom is 0.347 e. The van der Waals surface area contributed by atoms with Crippen LogP contribution in [0.2, 0.25) is 0 Å². The van der Waals surface area contributed by atoms with E-state index in [0.717, 1.165) is 99.5 Å². The van der Waals surface area contributed by atoms with Gasteiger partial charge in [-0.05, 0) is 145 Å². The van der Waals surface area contributed by atoms with Gasteiger partial charge >= 0.3 is 5.97 Å². The highest BCUT2D eigenvalue weighted by Gasteiger charge is 2.31. The predicted octanol–water partition coefficient (Wildman–Crippen LogP) is 18.6. The van der Waals surface area contributed by atoms with E-state index in [1.165, 1.54) is 11.1 Å². The Morgan fingerprint density at radius 1 is 0.398 bits per heavy atom. The zero-order valence-corrected chi connectivity index (χ0v) is 56.2. The third-order valence-electron chi connectivity index (χ3n) is 18.2. The number of hydrogen-bond acceptors (Lipinski definition) is 10. The van der Waals surface area contributed by atoms with Crippen LogP contribution in [0.3, 0.4) is 0 Å². The van der Waals surface area contributed by atoms with E-state index >= 15 is 4.79 Å². The summed E-state index contributed by atoms with van der Waals surface area (Å²) < 4.78 is 46.9. The Labute approximate surface area is 548 Å². The fraction of sp³-hybridized carbons (Fsp3) is 0.337. The molecular weight excluding hydrogens is 1160 g/mol. The van der Waals surface area contributed by atoms with Gasteiger partial charge in [0.05, 0.1) is 26.4 Å². The molecule has 0 aromatic heterocycles. The van der Waals surface area contributed by atoms with Crippen LogP contribution >= 0.6 is 0 Å². The van der Waals surface area contributed by atoms with Gasteiger partial charge in [0.2, 0.25) is 0 Å². The van der Waals surface area contributed by atoms with Gasteiger partial charge in [0.25, 0.3) is 0 Å². The molecule has 0 fully saturated rings. The molecule has 0 radical (unpaired) electrons. The minimum absolute atomic E-state index is 0.0558. The highest BCUT2D eigenvalue weighted by molar-refractivity contribution is 6.11. The van der Waals surface area contributed by atoms with Gasteiger partial charge in [0.1, 0.15) is 72.2 Å². The number of phenols is 2. The fourth-order valence-electron chi connectivity index (χ4n) is 13.0. The van der Waals surface area contributed by atoms with Crippen molar-refractivity contribution in [1.29, 1.82) is 0 Å². The predicted molar refractivity (Wildman–Crippen MR) is 375 cm³/mol. The number of benzene rings is 10. The van der Waals surface area contributed by atoms with E-state index in [1.54, 1.807) is 12.1 Å². The van der Waals surface area contributed by atoms with Crippen LogP contribution in [0.25, 0.3) is 43.4 Å². The molecule has 10 bridgehead atoms. The summed E-state index contributed by atoms with van der Waals surface area (Å²) in [5.74, 6) is 2.59. The van der Waals surface area contributed by atoms with Crippen molar-refractivity contribution in [2.75, 3.05) is 52.9 Å². The van der Waals surface area contributed by atoms with Crippen LogP contribution in [-0.4, -0.2) is 69.0 Å². The Bertz CT molecular complexity index is 4470. The third kappa shape index (κ3) is 14.0. The number of rotatable bonds is 8. The molecule has 10 aromatic rings. The van der Waals surface area contributed by atoms with E-state index in [9.17, 15) is 10.2 Å². The van der Waals surface area contributed by atoms with Crippen LogP contribution < -0.4 is 23.7 Å². The van der Waals surface area contributed by atoms with Crippen molar-refractivity contribution < 1.29 is 48.2 Å². The van der Waals surface area contributed by atoms with Crippen molar-refractivity contribution in [1.82, 2.24) is 0 Å². The standard InChI is InChI=1S/C83H88O10/c1-80(2,3)63-41-55-37-57-43-64(81(4,5)6)45-59-39-61-47-66(83(10,11)12)48-62(78(61)91-34-32-88-30-29-87-31-33-90-76(57)59)40-60-46-65(82(7,8)9)44-58(38-56(42-63)75(55)85)77(60)92-36-35-89-72-50-54-22-14-13-21-53(54)49-69(72)79(86)93-71-28-26-52-20-16-18-24-68(52)74(71)73-67-23-17-15-19-51(67)25-27-70(73)84/h13-28,41-50,84-85H,29-40H2,1-12H3. The van der Waals surface area contributed by atoms with E-state index in [2.05, 4.69) is 132 Å². The van der Waals surface area contributed by atoms with E-state index < -0.39 is 5.97 Å². The second-order valence-electron chi connectivity index (χ2n) is 29.3. The van der Waals surface area contributed by atoms with Crippen LogP contribution in [0.15, 0.2) is 158 Å². The Morgan fingerprint density at radius 2 is 0.785 bits per heavy atom. The lowest BCUT2D eigenvalue weighted by molar-refractivity contribution is 0.0273. The lowest BCUT2D eigenvalue weighted by Crippen LogP contribution is -2.18. The second-order valence-corrected chi connectivity index (χ2v) is 29.3. The number of hydrogen-bond donors (Lipinski definition) is 2. The zero-order chi connectivity index (χ0) is 65.6. The van der Waals surface area contributed by atoms with Gasteiger partial charge in [0.15, 0.2) is 0 Å². The molecule has 0 unspecified atom stereocenters. The maximum absolute atomic E-state index is 15.1. The molecule has 2 N–H and O–H groups in total.